The fraction of sp³-hybridized carbons (Fsp3) is 0.250. The lowest BCUT2D eigenvalue weighted by molar-refractivity contribution is -0.138. The van der Waals surface area contributed by atoms with Crippen molar-refractivity contribution < 1.29 is 19.4 Å². The average Bonchev–Trinajstić information content (AvgIpc) is 3.84. The van der Waals surface area contributed by atoms with E-state index in [2.05, 4.69) is 81.6 Å². The first kappa shape index (κ1) is 35.8. The maximum absolute atomic E-state index is 11.7. The first-order valence-electron chi connectivity index (χ1n) is 18.2. The Morgan fingerprint density at radius 1 is 0.868 bits per heavy atom. The van der Waals surface area contributed by atoms with Gasteiger partial charge in [-0.1, -0.05) is 79.7 Å². The molecule has 1 aliphatic rings. The number of rotatable bonds is 16. The van der Waals surface area contributed by atoms with Gasteiger partial charge in [0.1, 0.15) is 18.1 Å². The Hall–Kier alpha value is -5.54. The van der Waals surface area contributed by atoms with Crippen LogP contribution in [0.25, 0.3) is 5.69 Å². The first-order valence-corrected chi connectivity index (χ1v) is 19.1. The number of nitrogens with one attached hydrogen (secondary N) is 1. The molecular weight excluding hydrogens is 681 g/mol. The van der Waals surface area contributed by atoms with Gasteiger partial charge in [-0.25, -0.2) is 0 Å². The molecule has 0 fully saturated rings. The Balaban J connectivity index is 1.12. The van der Waals surface area contributed by atoms with E-state index in [1.807, 2.05) is 67.6 Å². The van der Waals surface area contributed by atoms with Crippen LogP contribution >= 0.6 is 11.8 Å². The molecule has 9 heteroatoms. The van der Waals surface area contributed by atoms with Crippen LogP contribution in [0, 0.1) is 6.92 Å². The van der Waals surface area contributed by atoms with E-state index in [1.165, 1.54) is 34.0 Å². The van der Waals surface area contributed by atoms with Gasteiger partial charge < -0.3 is 19.9 Å². The summed E-state index contributed by atoms with van der Waals surface area (Å²) in [6, 6.07) is 38.6. The van der Waals surface area contributed by atoms with Crippen molar-refractivity contribution in [3.05, 3.63) is 154 Å². The number of carboxylic acids is 1. The van der Waals surface area contributed by atoms with E-state index in [1.54, 1.807) is 0 Å². The van der Waals surface area contributed by atoms with Gasteiger partial charge >= 0.3 is 5.97 Å². The Bertz CT molecular complexity index is 2150. The van der Waals surface area contributed by atoms with Gasteiger partial charge in [-0.2, -0.15) is 0 Å². The molecule has 1 heterocycles. The zero-order chi connectivity index (χ0) is 36.6. The molecule has 270 valence electrons. The summed E-state index contributed by atoms with van der Waals surface area (Å²) in [6.07, 6.45) is 4.63. The van der Waals surface area contributed by atoms with Crippen LogP contribution in [0.1, 0.15) is 64.9 Å². The highest BCUT2D eigenvalue weighted by Crippen LogP contribution is 2.36. The van der Waals surface area contributed by atoms with Gasteiger partial charge in [-0.15, -0.1) is 10.2 Å². The number of para-hydroxylation sites is 1. The number of aromatic nitrogens is 3. The van der Waals surface area contributed by atoms with Crippen LogP contribution in [-0.4, -0.2) is 32.4 Å². The largest absolute Gasteiger partial charge is 0.493 e. The van der Waals surface area contributed by atoms with Crippen LogP contribution < -0.4 is 14.8 Å². The van der Waals surface area contributed by atoms with Crippen LogP contribution in [0.5, 0.6) is 11.5 Å². The molecule has 0 spiro atoms. The predicted octanol–water partition coefficient (Wildman–Crippen LogP) is 9.61. The first-order chi connectivity index (χ1) is 26.0. The number of hydrogen-bond acceptors (Lipinski definition) is 7. The van der Waals surface area contributed by atoms with Gasteiger partial charge in [-0.3, -0.25) is 9.36 Å². The van der Waals surface area contributed by atoms with Crippen LogP contribution in [0.15, 0.2) is 125 Å². The smallest absolute Gasteiger partial charge is 0.310 e. The summed E-state index contributed by atoms with van der Waals surface area (Å²) in [5.41, 5.74) is 8.96. The number of nitrogens with zero attached hydrogens (tertiary/aromatic N) is 3. The summed E-state index contributed by atoms with van der Waals surface area (Å²) in [5, 5.41) is 23.1. The SMILES string of the molecule is CCC(C(=O)O)c1ccc(NCc2ccc(Sc3nnc(COc4ccc(C)c5c4CCC5)n3-c3ccccc3)cc2OCCc2ccccc2)cc1. The molecule has 0 bridgehead atoms. The molecular formula is C44H44N4O4S. The summed E-state index contributed by atoms with van der Waals surface area (Å²) in [5.74, 6) is 1.13. The number of aliphatic carboxylic acids is 1. The molecule has 7 rings (SSSR count). The van der Waals surface area contributed by atoms with Crippen molar-refractivity contribution >= 4 is 23.4 Å². The second-order valence-electron chi connectivity index (χ2n) is 13.3. The molecule has 5 aromatic carbocycles. The van der Waals surface area contributed by atoms with Gasteiger partial charge in [0.25, 0.3) is 0 Å². The summed E-state index contributed by atoms with van der Waals surface area (Å²) >= 11 is 1.53. The topological polar surface area (TPSA) is 98.5 Å². The Kier molecular flexibility index (Phi) is 11.4. The van der Waals surface area contributed by atoms with Crippen LogP contribution in [0.4, 0.5) is 5.69 Å². The highest BCUT2D eigenvalue weighted by Gasteiger charge is 2.21. The molecule has 8 nitrogen and oxygen atoms in total. The van der Waals surface area contributed by atoms with Gasteiger partial charge in [0, 0.05) is 34.8 Å². The fourth-order valence-corrected chi connectivity index (χ4v) is 7.81. The Morgan fingerprint density at radius 2 is 1.62 bits per heavy atom. The number of hydrogen-bond donors (Lipinski definition) is 2. The Morgan fingerprint density at radius 3 is 2.38 bits per heavy atom. The van der Waals surface area contributed by atoms with E-state index in [-0.39, 0.29) is 0 Å². The fourth-order valence-electron chi connectivity index (χ4n) is 6.92. The quantitative estimate of drug-likeness (QED) is 0.102. The predicted molar refractivity (Wildman–Crippen MR) is 210 cm³/mol. The van der Waals surface area contributed by atoms with Crippen molar-refractivity contribution in [3.8, 4) is 17.2 Å². The second kappa shape index (κ2) is 16.9. The highest BCUT2D eigenvalue weighted by molar-refractivity contribution is 7.99. The lowest BCUT2D eigenvalue weighted by Crippen LogP contribution is -2.10. The molecule has 0 aliphatic heterocycles. The number of benzene rings is 5. The number of aryl methyl sites for hydroxylation is 1. The van der Waals surface area contributed by atoms with Gasteiger partial charge in [0.2, 0.25) is 5.16 Å². The molecule has 0 saturated heterocycles. The second-order valence-corrected chi connectivity index (χ2v) is 14.3. The van der Waals surface area contributed by atoms with Crippen molar-refractivity contribution in [3.63, 3.8) is 0 Å². The molecule has 53 heavy (non-hydrogen) atoms. The molecule has 1 atom stereocenters. The van der Waals surface area contributed by atoms with Crippen LogP contribution in [0.3, 0.4) is 0 Å². The zero-order valence-electron chi connectivity index (χ0n) is 30.1. The Labute approximate surface area is 315 Å². The third-order valence-electron chi connectivity index (χ3n) is 9.79. The minimum Gasteiger partial charge on any atom is -0.493 e. The highest BCUT2D eigenvalue weighted by atomic mass is 32.2. The number of carbonyl (C=O) groups is 1. The summed E-state index contributed by atoms with van der Waals surface area (Å²) in [4.78, 5) is 12.6. The summed E-state index contributed by atoms with van der Waals surface area (Å²) in [6.45, 7) is 5.43. The van der Waals surface area contributed by atoms with E-state index in [4.69, 9.17) is 9.47 Å². The molecule has 0 saturated carbocycles. The maximum atomic E-state index is 11.7. The van der Waals surface area contributed by atoms with Crippen LogP contribution in [0.2, 0.25) is 0 Å². The molecule has 1 unspecified atom stereocenters. The average molecular weight is 725 g/mol. The van der Waals surface area contributed by atoms with E-state index >= 15 is 0 Å². The van der Waals surface area contributed by atoms with Gasteiger partial charge in [-0.05, 0) is 115 Å². The van der Waals surface area contributed by atoms with Crippen molar-refractivity contribution in [2.75, 3.05) is 11.9 Å². The van der Waals surface area contributed by atoms with Crippen molar-refractivity contribution in [1.29, 1.82) is 0 Å². The van der Waals surface area contributed by atoms with Crippen LogP contribution in [-0.2, 0) is 37.2 Å². The van der Waals surface area contributed by atoms with Gasteiger partial charge in [0.05, 0.1) is 12.5 Å². The van der Waals surface area contributed by atoms with E-state index in [0.717, 1.165) is 75.6 Å². The van der Waals surface area contributed by atoms with Crippen molar-refractivity contribution in [2.24, 2.45) is 0 Å². The third-order valence-corrected chi connectivity index (χ3v) is 10.7. The minimum absolute atomic E-state index is 0.298. The van der Waals surface area contributed by atoms with E-state index < -0.39 is 11.9 Å². The molecule has 1 aliphatic carbocycles. The lowest BCUT2D eigenvalue weighted by Gasteiger charge is -2.16. The molecule has 6 aromatic rings. The van der Waals surface area contributed by atoms with Gasteiger partial charge in [0.15, 0.2) is 5.82 Å². The maximum Gasteiger partial charge on any atom is 0.310 e. The molecule has 1 aromatic heterocycles. The minimum atomic E-state index is -0.805. The molecule has 0 radical (unpaired) electrons. The van der Waals surface area contributed by atoms with E-state index in [9.17, 15) is 9.90 Å². The van der Waals surface area contributed by atoms with E-state index in [0.29, 0.717) is 26.2 Å². The third kappa shape index (κ3) is 8.58. The van der Waals surface area contributed by atoms with Crippen molar-refractivity contribution in [1.82, 2.24) is 14.8 Å². The number of carboxylic acid groups (broad SMARTS) is 1. The monoisotopic (exact) mass is 724 g/mol. The molecule has 2 N–H and O–H groups in total. The zero-order valence-corrected chi connectivity index (χ0v) is 30.9. The number of anilines is 1. The normalized spacial score (nSPS) is 12.6. The lowest BCUT2D eigenvalue weighted by atomic mass is 9.96. The number of fused-ring (bicyclic) bond motifs is 1. The summed E-state index contributed by atoms with van der Waals surface area (Å²) in [7, 11) is 0. The summed E-state index contributed by atoms with van der Waals surface area (Å²) < 4.78 is 15.0. The van der Waals surface area contributed by atoms with Crippen molar-refractivity contribution in [2.45, 2.75) is 75.1 Å². The standard InChI is InChI=1S/C44H44N4O4S/c1-3-37(43(49)50)32-18-21-34(22-19-32)45-28-33-20-23-36(27-41(33)51-26-25-31-11-6-4-7-12-31)53-44-47-46-42(48(44)35-13-8-5-9-14-35)29-52-40-24-17-30(2)38-15-10-16-39(38)40/h4-9,11-14,17-24,27,37,45H,3,10,15-16,25-26,28-29H2,1-2H3,(H,49,50). The molecule has 0 amide bonds. The number of ether oxygens (including phenoxy) is 2.